The summed E-state index contributed by atoms with van der Waals surface area (Å²) in [7, 11) is 0. The van der Waals surface area contributed by atoms with Gasteiger partial charge in [-0.1, -0.05) is 0 Å². The van der Waals surface area contributed by atoms with E-state index in [9.17, 15) is 31.9 Å². The fraction of sp³-hybridized carbons (Fsp3) is 0.294. The van der Waals surface area contributed by atoms with Crippen molar-refractivity contribution in [2.45, 2.75) is 31.6 Å². The predicted molar refractivity (Wildman–Crippen MR) is 84.6 cm³/mol. The summed E-state index contributed by atoms with van der Waals surface area (Å²) in [5.74, 6) is -1.87. The van der Waals surface area contributed by atoms with Crippen molar-refractivity contribution in [1.82, 2.24) is 5.01 Å². The highest BCUT2D eigenvalue weighted by molar-refractivity contribution is 5.97. The first-order chi connectivity index (χ1) is 13.2. The largest absolute Gasteiger partial charge is 0.486 e. The van der Waals surface area contributed by atoms with Crippen molar-refractivity contribution in [1.29, 1.82) is 0 Å². The molecule has 1 aliphatic rings. The van der Waals surface area contributed by atoms with Gasteiger partial charge in [-0.25, -0.2) is 22.0 Å². The highest BCUT2D eigenvalue weighted by atomic mass is 19.3. The molecule has 1 aromatic heterocycles. The van der Waals surface area contributed by atoms with E-state index in [1.54, 1.807) is 0 Å². The van der Waals surface area contributed by atoms with Gasteiger partial charge in [-0.15, -0.1) is 0 Å². The number of benzene rings is 1. The van der Waals surface area contributed by atoms with Crippen molar-refractivity contribution in [3.05, 3.63) is 53.7 Å². The zero-order chi connectivity index (χ0) is 20.5. The third-order valence-corrected chi connectivity index (χ3v) is 3.90. The number of nitrogens with zero attached hydrogens (tertiary/aromatic N) is 2. The van der Waals surface area contributed by atoms with Crippen LogP contribution in [-0.4, -0.2) is 40.3 Å². The fourth-order valence-electron chi connectivity index (χ4n) is 2.46. The number of carbonyl (C=O) groups is 1. The van der Waals surface area contributed by atoms with Crippen LogP contribution >= 0.6 is 0 Å². The van der Waals surface area contributed by atoms with Crippen LogP contribution in [-0.2, 0) is 6.61 Å². The maximum Gasteiger partial charge on any atom is 0.312 e. The van der Waals surface area contributed by atoms with Gasteiger partial charge in [-0.05, 0) is 36.4 Å². The maximum atomic E-state index is 13.2. The molecular formula is C17H13F5N2O4. The summed E-state index contributed by atoms with van der Waals surface area (Å²) in [6, 6.07) is 7.46. The van der Waals surface area contributed by atoms with E-state index >= 15 is 0 Å². The van der Waals surface area contributed by atoms with Gasteiger partial charge >= 0.3 is 5.91 Å². The van der Waals surface area contributed by atoms with Gasteiger partial charge in [0.05, 0.1) is 0 Å². The van der Waals surface area contributed by atoms with E-state index in [0.29, 0.717) is 5.75 Å². The average molecular weight is 404 g/mol. The summed E-state index contributed by atoms with van der Waals surface area (Å²) in [5.41, 5.74) is -4.23. The van der Waals surface area contributed by atoms with Gasteiger partial charge in [-0.2, -0.15) is 10.1 Å². The molecule has 6 nitrogen and oxygen atoms in total. The first-order valence-corrected chi connectivity index (χ1v) is 7.88. The van der Waals surface area contributed by atoms with Crippen molar-refractivity contribution >= 4 is 11.6 Å². The number of ether oxygens (including phenoxy) is 1. The Balaban J connectivity index is 1.74. The molecule has 1 aromatic carbocycles. The van der Waals surface area contributed by atoms with E-state index in [1.165, 1.54) is 30.3 Å². The molecule has 1 amide bonds. The van der Waals surface area contributed by atoms with Crippen molar-refractivity contribution in [3.63, 3.8) is 0 Å². The van der Waals surface area contributed by atoms with Crippen LogP contribution in [0, 0.1) is 5.82 Å². The van der Waals surface area contributed by atoms with Crippen molar-refractivity contribution in [2.24, 2.45) is 5.10 Å². The van der Waals surface area contributed by atoms with Gasteiger partial charge in [0.25, 0.3) is 12.9 Å². The SMILES string of the molecule is O=C(c1ccc(COc2ccc(F)cc2)o1)N1N=C(C(F)F)C[C@]1(O)C(F)F. The molecule has 3 rings (SSSR count). The number of rotatable bonds is 6. The number of aliphatic hydroxyl groups is 1. The third-order valence-electron chi connectivity index (χ3n) is 3.90. The molecule has 0 radical (unpaired) electrons. The Kier molecular flexibility index (Phi) is 5.36. The van der Waals surface area contributed by atoms with Crippen molar-refractivity contribution in [2.75, 3.05) is 0 Å². The summed E-state index contributed by atoms with van der Waals surface area (Å²) >= 11 is 0. The Hall–Kier alpha value is -2.95. The second-order valence-electron chi connectivity index (χ2n) is 5.87. The Bertz CT molecular complexity index is 884. The zero-order valence-corrected chi connectivity index (χ0v) is 14.0. The lowest BCUT2D eigenvalue weighted by atomic mass is 10.1. The van der Waals surface area contributed by atoms with E-state index in [0.717, 1.165) is 6.07 Å². The van der Waals surface area contributed by atoms with E-state index in [2.05, 4.69) is 5.10 Å². The summed E-state index contributed by atoms with van der Waals surface area (Å²) in [6.07, 6.45) is -7.93. The first-order valence-electron chi connectivity index (χ1n) is 7.88. The van der Waals surface area contributed by atoms with Gasteiger partial charge in [0, 0.05) is 6.42 Å². The minimum absolute atomic E-state index is 0.0946. The van der Waals surface area contributed by atoms with Crippen LogP contribution in [0.2, 0.25) is 0 Å². The van der Waals surface area contributed by atoms with E-state index < -0.39 is 48.2 Å². The maximum absolute atomic E-state index is 13.2. The Morgan fingerprint density at radius 3 is 2.50 bits per heavy atom. The number of alkyl halides is 4. The average Bonchev–Trinajstić information content (AvgIpc) is 3.26. The van der Waals surface area contributed by atoms with Crippen LogP contribution in [0.4, 0.5) is 22.0 Å². The van der Waals surface area contributed by atoms with E-state index in [-0.39, 0.29) is 17.4 Å². The second-order valence-corrected chi connectivity index (χ2v) is 5.87. The number of amides is 1. The van der Waals surface area contributed by atoms with Crippen LogP contribution in [0.5, 0.6) is 5.75 Å². The molecule has 0 spiro atoms. The molecule has 0 fully saturated rings. The van der Waals surface area contributed by atoms with Gasteiger partial charge in [0.15, 0.2) is 5.76 Å². The van der Waals surface area contributed by atoms with Gasteiger partial charge in [0.2, 0.25) is 5.72 Å². The van der Waals surface area contributed by atoms with Crippen LogP contribution in [0.25, 0.3) is 0 Å². The molecule has 1 N–H and O–H groups in total. The molecule has 0 bridgehead atoms. The Labute approximate surface area is 154 Å². The zero-order valence-electron chi connectivity index (χ0n) is 14.0. The normalized spacial score (nSPS) is 19.4. The molecule has 150 valence electrons. The molecule has 28 heavy (non-hydrogen) atoms. The first kappa shape index (κ1) is 19.8. The summed E-state index contributed by atoms with van der Waals surface area (Å²) < 4.78 is 75.3. The quantitative estimate of drug-likeness (QED) is 0.749. The Morgan fingerprint density at radius 2 is 1.89 bits per heavy atom. The van der Waals surface area contributed by atoms with Crippen molar-refractivity contribution < 1.29 is 41.0 Å². The molecule has 0 unspecified atom stereocenters. The number of hydrogen-bond donors (Lipinski definition) is 1. The Morgan fingerprint density at radius 1 is 1.21 bits per heavy atom. The number of carbonyl (C=O) groups excluding carboxylic acids is 1. The molecular weight excluding hydrogens is 391 g/mol. The van der Waals surface area contributed by atoms with E-state index in [4.69, 9.17) is 9.15 Å². The van der Waals surface area contributed by atoms with Gasteiger partial charge in [-0.3, -0.25) is 4.79 Å². The van der Waals surface area contributed by atoms with Crippen molar-refractivity contribution in [3.8, 4) is 5.75 Å². The molecule has 11 heteroatoms. The minimum Gasteiger partial charge on any atom is -0.486 e. The number of furan rings is 1. The van der Waals surface area contributed by atoms with Crippen LogP contribution in [0.3, 0.4) is 0 Å². The lowest BCUT2D eigenvalue weighted by molar-refractivity contribution is -0.164. The highest BCUT2D eigenvalue weighted by Gasteiger charge is 2.53. The number of halogens is 5. The molecule has 0 aliphatic carbocycles. The highest BCUT2D eigenvalue weighted by Crippen LogP contribution is 2.34. The van der Waals surface area contributed by atoms with Crippen LogP contribution in [0.15, 0.2) is 45.9 Å². The smallest absolute Gasteiger partial charge is 0.312 e. The molecule has 2 aromatic rings. The molecule has 2 heterocycles. The minimum atomic E-state index is -3.53. The third kappa shape index (κ3) is 3.84. The summed E-state index contributed by atoms with van der Waals surface area (Å²) in [4.78, 5) is 12.4. The van der Waals surface area contributed by atoms with Crippen LogP contribution in [0.1, 0.15) is 22.7 Å². The fourth-order valence-corrected chi connectivity index (χ4v) is 2.46. The lowest BCUT2D eigenvalue weighted by Crippen LogP contribution is -2.51. The van der Waals surface area contributed by atoms with Gasteiger partial charge < -0.3 is 14.3 Å². The molecule has 0 saturated carbocycles. The van der Waals surface area contributed by atoms with Crippen LogP contribution < -0.4 is 4.74 Å². The number of hydrogen-bond acceptors (Lipinski definition) is 5. The monoisotopic (exact) mass is 404 g/mol. The lowest BCUT2D eigenvalue weighted by Gasteiger charge is -2.29. The molecule has 0 saturated heterocycles. The summed E-state index contributed by atoms with van der Waals surface area (Å²) in [6.45, 7) is -0.177. The van der Waals surface area contributed by atoms with E-state index in [1.807, 2.05) is 0 Å². The molecule has 1 aliphatic heterocycles. The number of hydrazone groups is 1. The predicted octanol–water partition coefficient (Wildman–Crippen LogP) is 3.42. The second kappa shape index (κ2) is 7.58. The summed E-state index contributed by atoms with van der Waals surface area (Å²) in [5, 5.41) is 13.0. The standard InChI is InChI=1S/C17H13F5N2O4/c18-9-1-3-10(4-2-9)27-8-11-5-6-13(28-11)15(25)24-17(26,16(21)22)7-12(23-24)14(19)20/h1-6,14,16,26H,7-8H2/t17-/m0/s1. The van der Waals surface area contributed by atoms with Gasteiger partial charge in [0.1, 0.15) is 29.6 Å². The molecule has 1 atom stereocenters. The topological polar surface area (TPSA) is 75.3 Å².